The summed E-state index contributed by atoms with van der Waals surface area (Å²) in [7, 11) is 1.58. The van der Waals surface area contributed by atoms with Crippen LogP contribution in [-0.4, -0.2) is 37.0 Å². The number of carbonyl (C=O) groups is 1. The fourth-order valence-corrected chi connectivity index (χ4v) is 3.48. The maximum atomic E-state index is 12.2. The van der Waals surface area contributed by atoms with Crippen LogP contribution in [0.2, 0.25) is 0 Å². The smallest absolute Gasteiger partial charge is 0.225 e. The lowest BCUT2D eigenvalue weighted by atomic mass is 9.89. The predicted octanol–water partition coefficient (Wildman–Crippen LogP) is 2.94. The van der Waals surface area contributed by atoms with Crippen LogP contribution in [0.15, 0.2) is 18.2 Å². The molecule has 0 spiro atoms. The molecular weight excluding hydrogens is 314 g/mol. The zero-order chi connectivity index (χ0) is 18.4. The molecule has 1 aliphatic rings. The van der Waals surface area contributed by atoms with Crippen molar-refractivity contribution in [2.24, 2.45) is 11.8 Å². The Labute approximate surface area is 151 Å². The first-order valence-electron chi connectivity index (χ1n) is 9.09. The van der Waals surface area contributed by atoms with Gasteiger partial charge in [0.25, 0.3) is 0 Å². The van der Waals surface area contributed by atoms with Crippen LogP contribution >= 0.6 is 0 Å². The van der Waals surface area contributed by atoms with Crippen LogP contribution in [-0.2, 0) is 11.3 Å². The number of carbonyl (C=O) groups excluding carboxylic acids is 1. The molecule has 1 N–H and O–H groups in total. The van der Waals surface area contributed by atoms with Crippen molar-refractivity contribution in [1.29, 1.82) is 5.26 Å². The van der Waals surface area contributed by atoms with Crippen LogP contribution in [0.4, 0.5) is 0 Å². The molecule has 1 aromatic rings. The number of nitrogens with one attached hydrogen (secondary N) is 1. The summed E-state index contributed by atoms with van der Waals surface area (Å²) >= 11 is 0. The average Bonchev–Trinajstić information content (AvgIpc) is 2.65. The Balaban J connectivity index is 1.97. The molecule has 0 saturated carbocycles. The van der Waals surface area contributed by atoms with Crippen molar-refractivity contribution in [3.8, 4) is 11.8 Å². The van der Waals surface area contributed by atoms with Crippen molar-refractivity contribution in [1.82, 2.24) is 10.2 Å². The van der Waals surface area contributed by atoms with Gasteiger partial charge in [0, 0.05) is 31.6 Å². The topological polar surface area (TPSA) is 65.4 Å². The van der Waals surface area contributed by atoms with E-state index in [1.54, 1.807) is 7.11 Å². The molecule has 0 radical (unpaired) electrons. The van der Waals surface area contributed by atoms with Crippen LogP contribution in [0.3, 0.4) is 0 Å². The lowest BCUT2D eigenvalue weighted by Gasteiger charge is -2.39. The van der Waals surface area contributed by atoms with Gasteiger partial charge in [-0.25, -0.2) is 0 Å². The van der Waals surface area contributed by atoms with Crippen molar-refractivity contribution in [2.75, 3.05) is 20.2 Å². The monoisotopic (exact) mass is 343 g/mol. The summed E-state index contributed by atoms with van der Waals surface area (Å²) in [6.45, 7) is 8.48. The van der Waals surface area contributed by atoms with Crippen LogP contribution < -0.4 is 10.1 Å². The van der Waals surface area contributed by atoms with Gasteiger partial charge in [-0.15, -0.1) is 0 Å². The quantitative estimate of drug-likeness (QED) is 0.862. The molecular formula is C20H29N3O2. The van der Waals surface area contributed by atoms with Gasteiger partial charge < -0.3 is 15.0 Å². The molecule has 0 bridgehead atoms. The van der Waals surface area contributed by atoms with E-state index in [-0.39, 0.29) is 11.8 Å². The SMILES string of the molecule is CC[C@@H]1CN(C(=O)C(C)C)CC[C@@H]1NCc1ccc(OC)c(C#N)c1. The normalized spacial score (nSPS) is 20.4. The van der Waals surface area contributed by atoms with Crippen LogP contribution in [0.25, 0.3) is 0 Å². The van der Waals surface area contributed by atoms with Crippen molar-refractivity contribution in [3.05, 3.63) is 29.3 Å². The first-order valence-corrected chi connectivity index (χ1v) is 9.09. The highest BCUT2D eigenvalue weighted by Crippen LogP contribution is 2.23. The summed E-state index contributed by atoms with van der Waals surface area (Å²) in [6, 6.07) is 8.29. The lowest BCUT2D eigenvalue weighted by molar-refractivity contribution is -0.136. The molecule has 25 heavy (non-hydrogen) atoms. The number of amides is 1. The number of ether oxygens (including phenoxy) is 1. The van der Waals surface area contributed by atoms with Gasteiger partial charge in [-0.2, -0.15) is 5.26 Å². The Morgan fingerprint density at radius 3 is 2.84 bits per heavy atom. The predicted molar refractivity (Wildman–Crippen MR) is 98.2 cm³/mol. The molecule has 2 rings (SSSR count). The second kappa shape index (κ2) is 8.87. The fourth-order valence-electron chi connectivity index (χ4n) is 3.48. The molecule has 5 heteroatoms. The van der Waals surface area contributed by atoms with Crippen molar-refractivity contribution in [2.45, 2.75) is 46.2 Å². The molecule has 5 nitrogen and oxygen atoms in total. The van der Waals surface area contributed by atoms with Crippen molar-refractivity contribution < 1.29 is 9.53 Å². The second-order valence-corrected chi connectivity index (χ2v) is 7.03. The zero-order valence-corrected chi connectivity index (χ0v) is 15.7. The summed E-state index contributed by atoms with van der Waals surface area (Å²) < 4.78 is 5.19. The molecule has 0 unspecified atom stereocenters. The highest BCUT2D eigenvalue weighted by atomic mass is 16.5. The summed E-state index contributed by atoms with van der Waals surface area (Å²) in [4.78, 5) is 14.3. The van der Waals surface area contributed by atoms with Gasteiger partial charge in [-0.05, 0) is 30.0 Å². The van der Waals surface area contributed by atoms with Crippen LogP contribution in [0.5, 0.6) is 5.75 Å². The van der Waals surface area contributed by atoms with Crippen molar-refractivity contribution in [3.63, 3.8) is 0 Å². The van der Waals surface area contributed by atoms with Crippen molar-refractivity contribution >= 4 is 5.91 Å². The molecule has 1 fully saturated rings. The molecule has 2 atom stereocenters. The van der Waals surface area contributed by atoms with Crippen LogP contribution in [0, 0.1) is 23.2 Å². The highest BCUT2D eigenvalue weighted by molar-refractivity contribution is 5.78. The standard InChI is InChI=1S/C20H29N3O2/c1-5-16-13-23(20(24)14(2)3)9-8-18(16)22-12-15-6-7-19(25-4)17(10-15)11-21/h6-7,10,14,16,18,22H,5,8-9,12-13H2,1-4H3/t16-,18+/m1/s1. The number of benzene rings is 1. The maximum Gasteiger partial charge on any atom is 0.225 e. The first-order chi connectivity index (χ1) is 12.0. The van der Waals surface area contributed by atoms with Gasteiger partial charge in [-0.1, -0.05) is 33.3 Å². The van der Waals surface area contributed by atoms with E-state index < -0.39 is 0 Å². The number of rotatable bonds is 6. The van der Waals surface area contributed by atoms with Gasteiger partial charge >= 0.3 is 0 Å². The van der Waals surface area contributed by atoms with E-state index in [2.05, 4.69) is 18.3 Å². The maximum absolute atomic E-state index is 12.2. The Bertz CT molecular complexity index is 636. The van der Waals surface area contributed by atoms with Crippen LogP contribution in [0.1, 0.15) is 44.7 Å². The minimum absolute atomic E-state index is 0.0608. The number of likely N-dealkylation sites (tertiary alicyclic amines) is 1. The molecule has 136 valence electrons. The average molecular weight is 343 g/mol. The largest absolute Gasteiger partial charge is 0.495 e. The number of piperidine rings is 1. The second-order valence-electron chi connectivity index (χ2n) is 7.03. The summed E-state index contributed by atoms with van der Waals surface area (Å²) in [5.74, 6) is 1.39. The molecule has 1 aromatic carbocycles. The van der Waals surface area contributed by atoms with Gasteiger partial charge in [0.2, 0.25) is 5.91 Å². The Kier molecular flexibility index (Phi) is 6.83. The molecule has 0 aliphatic carbocycles. The van der Waals surface area contributed by atoms with Gasteiger partial charge in [0.1, 0.15) is 11.8 Å². The van der Waals surface area contributed by atoms with E-state index in [9.17, 15) is 10.1 Å². The molecule has 1 amide bonds. The third-order valence-electron chi connectivity index (χ3n) is 5.02. The lowest BCUT2D eigenvalue weighted by Crippen LogP contribution is -2.51. The third-order valence-corrected chi connectivity index (χ3v) is 5.02. The van der Waals surface area contributed by atoms with E-state index in [1.165, 1.54) is 0 Å². The number of methoxy groups -OCH3 is 1. The Morgan fingerprint density at radius 2 is 2.24 bits per heavy atom. The number of nitriles is 1. The minimum Gasteiger partial charge on any atom is -0.495 e. The van der Waals surface area contributed by atoms with E-state index >= 15 is 0 Å². The zero-order valence-electron chi connectivity index (χ0n) is 15.7. The minimum atomic E-state index is 0.0608. The molecule has 1 saturated heterocycles. The van der Waals surface area contributed by atoms with E-state index in [0.717, 1.165) is 38.0 Å². The summed E-state index contributed by atoms with van der Waals surface area (Å²) in [5.41, 5.74) is 1.64. The number of nitrogens with zero attached hydrogens (tertiary/aromatic N) is 2. The summed E-state index contributed by atoms with van der Waals surface area (Å²) in [6.07, 6.45) is 2.02. The molecule has 1 aliphatic heterocycles. The number of hydrogen-bond donors (Lipinski definition) is 1. The Hall–Kier alpha value is -2.06. The van der Waals surface area contributed by atoms with Gasteiger partial charge in [0.05, 0.1) is 12.7 Å². The van der Waals surface area contributed by atoms with E-state index in [4.69, 9.17) is 4.74 Å². The number of hydrogen-bond acceptors (Lipinski definition) is 4. The first kappa shape index (κ1) is 19.3. The Morgan fingerprint density at radius 1 is 1.48 bits per heavy atom. The fraction of sp³-hybridized carbons (Fsp3) is 0.600. The van der Waals surface area contributed by atoms with Gasteiger partial charge in [0.15, 0.2) is 0 Å². The highest BCUT2D eigenvalue weighted by Gasteiger charge is 2.30. The van der Waals surface area contributed by atoms with E-state index in [0.29, 0.717) is 23.3 Å². The third kappa shape index (κ3) is 4.73. The molecule has 0 aromatic heterocycles. The summed E-state index contributed by atoms with van der Waals surface area (Å²) in [5, 5.41) is 12.8. The molecule has 1 heterocycles. The van der Waals surface area contributed by atoms with Gasteiger partial charge in [-0.3, -0.25) is 4.79 Å². The van der Waals surface area contributed by atoms with E-state index in [1.807, 2.05) is 36.9 Å².